The van der Waals surface area contributed by atoms with Gasteiger partial charge < -0.3 is 14.4 Å². The van der Waals surface area contributed by atoms with E-state index >= 15 is 0 Å². The predicted octanol–water partition coefficient (Wildman–Crippen LogP) is 2.03. The summed E-state index contributed by atoms with van der Waals surface area (Å²) in [4.78, 5) is 10.4. The summed E-state index contributed by atoms with van der Waals surface area (Å²) in [5, 5.41) is 8.41. The molecule has 1 atom stereocenters. The normalized spacial score (nSPS) is 21.8. The van der Waals surface area contributed by atoms with Gasteiger partial charge in [0.15, 0.2) is 5.82 Å². The second kappa shape index (κ2) is 6.92. The van der Waals surface area contributed by atoms with Crippen LogP contribution in [0.4, 0.5) is 5.82 Å². The number of aromatic nitrogens is 4. The van der Waals surface area contributed by atoms with Crippen molar-refractivity contribution < 1.29 is 9.47 Å². The van der Waals surface area contributed by atoms with Gasteiger partial charge in [0.25, 0.3) is 0 Å². The van der Waals surface area contributed by atoms with Gasteiger partial charge in [-0.2, -0.15) is 5.10 Å². The van der Waals surface area contributed by atoms with Crippen molar-refractivity contribution in [3.8, 4) is 5.88 Å². The molecule has 0 radical (unpaired) electrons. The molecule has 0 bridgehead atoms. The van der Waals surface area contributed by atoms with E-state index in [-0.39, 0.29) is 5.60 Å². The van der Waals surface area contributed by atoms with E-state index in [4.69, 9.17) is 9.47 Å². The molecule has 132 valence electrons. The van der Waals surface area contributed by atoms with Gasteiger partial charge in [-0.3, -0.25) is 4.98 Å². The zero-order valence-electron chi connectivity index (χ0n) is 14.5. The van der Waals surface area contributed by atoms with E-state index < -0.39 is 0 Å². The summed E-state index contributed by atoms with van der Waals surface area (Å²) >= 11 is 0. The molecule has 25 heavy (non-hydrogen) atoms. The van der Waals surface area contributed by atoms with Crippen LogP contribution >= 0.6 is 0 Å². The van der Waals surface area contributed by atoms with E-state index in [1.54, 1.807) is 18.6 Å². The zero-order chi connectivity index (χ0) is 17.1. The maximum Gasteiger partial charge on any atom is 0.232 e. The molecule has 2 fully saturated rings. The SMILES string of the molecule is Cc1ccc(N2CC3(CC(CCOc4cnccn4)CCO3)C2)nn1. The molecule has 7 nitrogen and oxygen atoms in total. The number of nitrogens with zero attached hydrogens (tertiary/aromatic N) is 5. The minimum absolute atomic E-state index is 0.0258. The number of anilines is 1. The van der Waals surface area contributed by atoms with Crippen LogP contribution in [0.5, 0.6) is 5.88 Å². The Morgan fingerprint density at radius 2 is 2.20 bits per heavy atom. The lowest BCUT2D eigenvalue weighted by molar-refractivity contribution is -0.115. The van der Waals surface area contributed by atoms with Crippen molar-refractivity contribution in [2.45, 2.75) is 31.8 Å². The van der Waals surface area contributed by atoms with Gasteiger partial charge in [-0.25, -0.2) is 4.98 Å². The molecule has 1 unspecified atom stereocenters. The van der Waals surface area contributed by atoms with E-state index in [9.17, 15) is 0 Å². The molecule has 0 amide bonds. The summed E-state index contributed by atoms with van der Waals surface area (Å²) in [5.41, 5.74) is 0.915. The van der Waals surface area contributed by atoms with Crippen LogP contribution in [0.25, 0.3) is 0 Å². The summed E-state index contributed by atoms with van der Waals surface area (Å²) in [6.45, 7) is 5.24. The van der Waals surface area contributed by atoms with Gasteiger partial charge >= 0.3 is 0 Å². The van der Waals surface area contributed by atoms with Crippen molar-refractivity contribution in [1.82, 2.24) is 20.2 Å². The topological polar surface area (TPSA) is 73.3 Å². The molecular weight excluding hydrogens is 318 g/mol. The van der Waals surface area contributed by atoms with Crippen LogP contribution in [-0.4, -0.2) is 52.1 Å². The number of ether oxygens (including phenoxy) is 2. The maximum atomic E-state index is 6.12. The molecular formula is C18H23N5O2. The third-order valence-corrected chi connectivity index (χ3v) is 4.98. The summed E-state index contributed by atoms with van der Waals surface area (Å²) in [6, 6.07) is 4.03. The Morgan fingerprint density at radius 1 is 1.28 bits per heavy atom. The van der Waals surface area contributed by atoms with Gasteiger partial charge in [-0.05, 0) is 44.2 Å². The molecule has 0 saturated carbocycles. The van der Waals surface area contributed by atoms with E-state index in [1.165, 1.54) is 0 Å². The van der Waals surface area contributed by atoms with Crippen molar-refractivity contribution in [3.05, 3.63) is 36.4 Å². The quantitative estimate of drug-likeness (QED) is 0.824. The summed E-state index contributed by atoms with van der Waals surface area (Å²) in [5.74, 6) is 2.15. The number of aryl methyl sites for hydroxylation is 1. The Balaban J connectivity index is 1.26. The fraction of sp³-hybridized carbons (Fsp3) is 0.556. The highest BCUT2D eigenvalue weighted by Gasteiger charge is 2.48. The number of hydrogen-bond donors (Lipinski definition) is 0. The summed E-state index contributed by atoms with van der Waals surface area (Å²) in [6.07, 6.45) is 8.14. The van der Waals surface area contributed by atoms with Crippen LogP contribution in [0.1, 0.15) is 25.0 Å². The Kier molecular flexibility index (Phi) is 4.48. The van der Waals surface area contributed by atoms with Gasteiger partial charge in [-0.1, -0.05) is 0 Å². The Morgan fingerprint density at radius 3 is 2.96 bits per heavy atom. The number of hydrogen-bond acceptors (Lipinski definition) is 7. The van der Waals surface area contributed by atoms with Crippen LogP contribution in [0.15, 0.2) is 30.7 Å². The van der Waals surface area contributed by atoms with Crippen molar-refractivity contribution >= 4 is 5.82 Å². The highest BCUT2D eigenvalue weighted by atomic mass is 16.5. The molecule has 2 aromatic rings. The molecule has 1 spiro atoms. The summed E-state index contributed by atoms with van der Waals surface area (Å²) in [7, 11) is 0. The lowest BCUT2D eigenvalue weighted by atomic mass is 9.79. The molecule has 2 saturated heterocycles. The largest absolute Gasteiger partial charge is 0.477 e. The average molecular weight is 341 g/mol. The first-order chi connectivity index (χ1) is 12.2. The van der Waals surface area contributed by atoms with Gasteiger partial charge in [-0.15, -0.1) is 5.10 Å². The summed E-state index contributed by atoms with van der Waals surface area (Å²) < 4.78 is 11.8. The first kappa shape index (κ1) is 16.2. The zero-order valence-corrected chi connectivity index (χ0v) is 14.5. The maximum absolute atomic E-state index is 6.12. The predicted molar refractivity (Wildman–Crippen MR) is 92.5 cm³/mol. The Bertz CT molecular complexity index is 688. The second-order valence-corrected chi connectivity index (χ2v) is 6.96. The molecule has 0 aliphatic carbocycles. The molecule has 0 N–H and O–H groups in total. The van der Waals surface area contributed by atoms with Crippen LogP contribution < -0.4 is 9.64 Å². The molecule has 7 heteroatoms. The van der Waals surface area contributed by atoms with E-state index in [0.717, 1.165) is 50.5 Å². The van der Waals surface area contributed by atoms with Crippen LogP contribution in [-0.2, 0) is 4.74 Å². The molecule has 2 aromatic heterocycles. The lowest BCUT2D eigenvalue weighted by Gasteiger charge is -2.53. The van der Waals surface area contributed by atoms with Gasteiger partial charge in [0, 0.05) is 19.0 Å². The van der Waals surface area contributed by atoms with E-state index in [1.807, 2.05) is 19.1 Å². The van der Waals surface area contributed by atoms with Crippen LogP contribution in [0, 0.1) is 12.8 Å². The highest BCUT2D eigenvalue weighted by molar-refractivity contribution is 5.43. The highest BCUT2D eigenvalue weighted by Crippen LogP contribution is 2.39. The van der Waals surface area contributed by atoms with Crippen molar-refractivity contribution in [3.63, 3.8) is 0 Å². The van der Waals surface area contributed by atoms with Crippen molar-refractivity contribution in [2.24, 2.45) is 5.92 Å². The Labute approximate surface area is 147 Å². The minimum atomic E-state index is -0.0258. The van der Waals surface area contributed by atoms with E-state index in [2.05, 4.69) is 25.1 Å². The fourth-order valence-corrected chi connectivity index (χ4v) is 3.66. The van der Waals surface area contributed by atoms with Gasteiger partial charge in [0.1, 0.15) is 5.60 Å². The monoisotopic (exact) mass is 341 g/mol. The minimum Gasteiger partial charge on any atom is -0.477 e. The first-order valence-electron chi connectivity index (χ1n) is 8.81. The number of rotatable bonds is 5. The first-order valence-corrected chi connectivity index (χ1v) is 8.81. The van der Waals surface area contributed by atoms with Crippen molar-refractivity contribution in [1.29, 1.82) is 0 Å². The van der Waals surface area contributed by atoms with Crippen LogP contribution in [0.2, 0.25) is 0 Å². The van der Waals surface area contributed by atoms with Gasteiger partial charge in [0.05, 0.1) is 31.6 Å². The molecule has 0 aromatic carbocycles. The fourth-order valence-electron chi connectivity index (χ4n) is 3.66. The molecule has 4 heterocycles. The third kappa shape index (κ3) is 3.71. The standard InChI is InChI=1S/C18H23N5O2/c1-14-2-3-16(22-21-14)23-12-18(13-23)10-15(5-9-25-18)4-8-24-17-11-19-6-7-20-17/h2-3,6-7,11,15H,4-5,8-10,12-13H2,1H3. The van der Waals surface area contributed by atoms with E-state index in [0.29, 0.717) is 18.4 Å². The second-order valence-electron chi connectivity index (χ2n) is 6.96. The average Bonchev–Trinajstić information content (AvgIpc) is 2.62. The smallest absolute Gasteiger partial charge is 0.232 e. The lowest BCUT2D eigenvalue weighted by Crippen LogP contribution is -2.65. The van der Waals surface area contributed by atoms with Crippen molar-refractivity contribution in [2.75, 3.05) is 31.2 Å². The van der Waals surface area contributed by atoms with Gasteiger partial charge in [0.2, 0.25) is 5.88 Å². The van der Waals surface area contributed by atoms with Crippen LogP contribution in [0.3, 0.4) is 0 Å². The molecule has 4 rings (SSSR count). The third-order valence-electron chi connectivity index (χ3n) is 4.98. The Hall–Kier alpha value is -2.28. The molecule has 2 aliphatic heterocycles. The molecule has 2 aliphatic rings.